The summed E-state index contributed by atoms with van der Waals surface area (Å²) in [6, 6.07) is 12.3. The number of carbonyl (C=O) groups excluding carboxylic acids is 1. The number of hydrogen-bond acceptors (Lipinski definition) is 5. The fourth-order valence-corrected chi connectivity index (χ4v) is 3.12. The first-order valence-corrected chi connectivity index (χ1v) is 9.25. The van der Waals surface area contributed by atoms with Gasteiger partial charge in [0.15, 0.2) is 0 Å². The van der Waals surface area contributed by atoms with Crippen molar-refractivity contribution in [3.05, 3.63) is 48.3 Å². The Balaban J connectivity index is 1.38. The molecule has 136 valence electrons. The number of benzene rings is 1. The van der Waals surface area contributed by atoms with Gasteiger partial charge < -0.3 is 20.4 Å². The smallest absolute Gasteiger partial charge is 0.274 e. The third-order valence-electron chi connectivity index (χ3n) is 4.93. The van der Waals surface area contributed by atoms with Crippen molar-refractivity contribution < 1.29 is 4.79 Å². The molecular weight excluding hydrogens is 326 g/mol. The number of amides is 1. The van der Waals surface area contributed by atoms with E-state index in [0.29, 0.717) is 11.7 Å². The standard InChI is InChI=1S/C20H25N5O/c1-24-10-12-25(13-11-24)18-6-4-16(5-7-18)23-20(26)19-14-17(8-9-21-19)22-15-2-3-15/h4-9,14-15H,2-3,10-13H2,1H3,(H,21,22)(H,23,26). The van der Waals surface area contributed by atoms with Gasteiger partial charge in [-0.2, -0.15) is 0 Å². The van der Waals surface area contributed by atoms with Gasteiger partial charge in [0, 0.05) is 55.5 Å². The van der Waals surface area contributed by atoms with Crippen LogP contribution in [0.2, 0.25) is 0 Å². The summed E-state index contributed by atoms with van der Waals surface area (Å²) in [5.41, 5.74) is 3.37. The number of aromatic nitrogens is 1. The lowest BCUT2D eigenvalue weighted by Crippen LogP contribution is -2.44. The fourth-order valence-electron chi connectivity index (χ4n) is 3.12. The maximum absolute atomic E-state index is 12.5. The van der Waals surface area contributed by atoms with E-state index in [-0.39, 0.29) is 5.91 Å². The third-order valence-corrected chi connectivity index (χ3v) is 4.93. The van der Waals surface area contributed by atoms with Crippen LogP contribution in [-0.4, -0.2) is 55.1 Å². The van der Waals surface area contributed by atoms with Crippen molar-refractivity contribution in [2.45, 2.75) is 18.9 Å². The van der Waals surface area contributed by atoms with Crippen LogP contribution in [0.4, 0.5) is 17.1 Å². The zero-order valence-corrected chi connectivity index (χ0v) is 15.1. The van der Waals surface area contributed by atoms with E-state index in [2.05, 4.69) is 44.6 Å². The van der Waals surface area contributed by atoms with Gasteiger partial charge >= 0.3 is 0 Å². The molecule has 1 amide bonds. The zero-order valence-electron chi connectivity index (χ0n) is 15.1. The number of rotatable bonds is 5. The van der Waals surface area contributed by atoms with Crippen LogP contribution in [0.25, 0.3) is 0 Å². The third kappa shape index (κ3) is 4.14. The van der Waals surface area contributed by atoms with E-state index in [4.69, 9.17) is 0 Å². The van der Waals surface area contributed by atoms with Crippen LogP contribution in [-0.2, 0) is 0 Å². The van der Waals surface area contributed by atoms with Crippen molar-refractivity contribution in [2.75, 3.05) is 48.8 Å². The first-order valence-electron chi connectivity index (χ1n) is 9.25. The second-order valence-corrected chi connectivity index (χ2v) is 7.14. The topological polar surface area (TPSA) is 60.5 Å². The number of pyridine rings is 1. The number of hydrogen-bond donors (Lipinski definition) is 2. The maximum Gasteiger partial charge on any atom is 0.274 e. The Bertz CT molecular complexity index is 764. The molecule has 2 fully saturated rings. The average molecular weight is 351 g/mol. The predicted octanol–water partition coefficient (Wildman–Crippen LogP) is 2.66. The highest BCUT2D eigenvalue weighted by Gasteiger charge is 2.21. The van der Waals surface area contributed by atoms with Gasteiger partial charge in [-0.1, -0.05) is 0 Å². The molecule has 0 spiro atoms. The summed E-state index contributed by atoms with van der Waals surface area (Å²) in [6.07, 6.45) is 4.07. The molecule has 1 saturated heterocycles. The van der Waals surface area contributed by atoms with E-state index >= 15 is 0 Å². The van der Waals surface area contributed by atoms with Crippen molar-refractivity contribution in [1.29, 1.82) is 0 Å². The van der Waals surface area contributed by atoms with E-state index < -0.39 is 0 Å². The molecular formula is C20H25N5O. The van der Waals surface area contributed by atoms with Crippen LogP contribution >= 0.6 is 0 Å². The van der Waals surface area contributed by atoms with E-state index in [9.17, 15) is 4.79 Å². The monoisotopic (exact) mass is 351 g/mol. The number of carbonyl (C=O) groups is 1. The van der Waals surface area contributed by atoms with Gasteiger partial charge in [0.1, 0.15) is 5.69 Å². The minimum absolute atomic E-state index is 0.184. The first kappa shape index (κ1) is 16.8. The Hall–Kier alpha value is -2.60. The highest BCUT2D eigenvalue weighted by Crippen LogP contribution is 2.25. The van der Waals surface area contributed by atoms with E-state index in [1.807, 2.05) is 24.3 Å². The average Bonchev–Trinajstić information content (AvgIpc) is 3.47. The summed E-state index contributed by atoms with van der Waals surface area (Å²) in [7, 11) is 2.15. The lowest BCUT2D eigenvalue weighted by atomic mass is 10.2. The molecule has 1 aliphatic carbocycles. The van der Waals surface area contributed by atoms with E-state index in [1.54, 1.807) is 6.20 Å². The number of nitrogens with zero attached hydrogens (tertiary/aromatic N) is 3. The van der Waals surface area contributed by atoms with Crippen molar-refractivity contribution in [2.24, 2.45) is 0 Å². The predicted molar refractivity (Wildman–Crippen MR) is 105 cm³/mol. The molecule has 0 radical (unpaired) electrons. The lowest BCUT2D eigenvalue weighted by Gasteiger charge is -2.34. The molecule has 2 N–H and O–H groups in total. The highest BCUT2D eigenvalue weighted by molar-refractivity contribution is 6.03. The Morgan fingerprint density at radius 3 is 2.46 bits per heavy atom. The van der Waals surface area contributed by atoms with Gasteiger partial charge in [0.25, 0.3) is 5.91 Å². The van der Waals surface area contributed by atoms with Gasteiger partial charge in [-0.25, -0.2) is 0 Å². The van der Waals surface area contributed by atoms with Gasteiger partial charge in [0.05, 0.1) is 0 Å². The summed E-state index contributed by atoms with van der Waals surface area (Å²) >= 11 is 0. The second-order valence-electron chi connectivity index (χ2n) is 7.14. The molecule has 6 nitrogen and oxygen atoms in total. The molecule has 1 aliphatic heterocycles. The van der Waals surface area contributed by atoms with Gasteiger partial charge in [-0.15, -0.1) is 0 Å². The lowest BCUT2D eigenvalue weighted by molar-refractivity contribution is 0.102. The van der Waals surface area contributed by atoms with E-state index in [1.165, 1.54) is 18.5 Å². The van der Waals surface area contributed by atoms with Crippen molar-refractivity contribution in [3.8, 4) is 0 Å². The van der Waals surface area contributed by atoms with Gasteiger partial charge in [-0.3, -0.25) is 9.78 Å². The molecule has 0 bridgehead atoms. The van der Waals surface area contributed by atoms with E-state index in [0.717, 1.165) is 37.6 Å². The summed E-state index contributed by atoms with van der Waals surface area (Å²) in [6.45, 7) is 4.23. The molecule has 1 aromatic heterocycles. The molecule has 6 heteroatoms. The van der Waals surface area contributed by atoms with Crippen LogP contribution < -0.4 is 15.5 Å². The molecule has 2 aliphatic rings. The second kappa shape index (κ2) is 7.33. The van der Waals surface area contributed by atoms with Crippen LogP contribution in [0, 0.1) is 0 Å². The SMILES string of the molecule is CN1CCN(c2ccc(NC(=O)c3cc(NC4CC4)ccn3)cc2)CC1. The van der Waals surface area contributed by atoms with Crippen molar-refractivity contribution in [3.63, 3.8) is 0 Å². The van der Waals surface area contributed by atoms with Gasteiger partial charge in [0.2, 0.25) is 0 Å². The normalized spacial score (nSPS) is 17.8. The maximum atomic E-state index is 12.5. The van der Waals surface area contributed by atoms with Crippen LogP contribution in [0.1, 0.15) is 23.3 Å². The molecule has 2 heterocycles. The quantitative estimate of drug-likeness (QED) is 0.867. The zero-order chi connectivity index (χ0) is 17.9. The Morgan fingerprint density at radius 1 is 1.04 bits per heavy atom. The molecule has 1 saturated carbocycles. The Kier molecular flexibility index (Phi) is 4.75. The van der Waals surface area contributed by atoms with Gasteiger partial charge in [-0.05, 0) is 56.3 Å². The first-order chi connectivity index (χ1) is 12.7. The van der Waals surface area contributed by atoms with Crippen LogP contribution in [0.5, 0.6) is 0 Å². The molecule has 1 aromatic carbocycles. The largest absolute Gasteiger partial charge is 0.382 e. The van der Waals surface area contributed by atoms with Crippen molar-refractivity contribution in [1.82, 2.24) is 9.88 Å². The number of anilines is 3. The molecule has 0 atom stereocenters. The summed E-state index contributed by atoms with van der Waals surface area (Å²) in [5.74, 6) is -0.184. The summed E-state index contributed by atoms with van der Waals surface area (Å²) in [5, 5.41) is 6.33. The molecule has 4 rings (SSSR count). The number of nitrogens with one attached hydrogen (secondary N) is 2. The molecule has 2 aromatic rings. The molecule has 0 unspecified atom stereocenters. The summed E-state index contributed by atoms with van der Waals surface area (Å²) < 4.78 is 0. The van der Waals surface area contributed by atoms with Crippen molar-refractivity contribution >= 4 is 23.0 Å². The molecule has 26 heavy (non-hydrogen) atoms. The fraction of sp³-hybridized carbons (Fsp3) is 0.400. The highest BCUT2D eigenvalue weighted by atomic mass is 16.1. The number of piperazine rings is 1. The van der Waals surface area contributed by atoms with Crippen LogP contribution in [0.15, 0.2) is 42.6 Å². The minimum Gasteiger partial charge on any atom is -0.382 e. The number of likely N-dealkylation sites (N-methyl/N-ethyl adjacent to an activating group) is 1. The van der Waals surface area contributed by atoms with Crippen LogP contribution in [0.3, 0.4) is 0 Å². The Morgan fingerprint density at radius 2 is 1.77 bits per heavy atom. The Labute approximate surface area is 154 Å². The summed E-state index contributed by atoms with van der Waals surface area (Å²) in [4.78, 5) is 21.4. The minimum atomic E-state index is -0.184.